The number of hydrogen-bond acceptors (Lipinski definition) is 7. The number of halogens is 1. The number of benzene rings is 1. The number of aromatic nitrogens is 4. The molecule has 1 fully saturated rings. The van der Waals surface area contributed by atoms with Gasteiger partial charge in [0.25, 0.3) is 0 Å². The minimum Gasteiger partial charge on any atom is -0.488 e. The predicted molar refractivity (Wildman–Crippen MR) is 127 cm³/mol. The highest BCUT2D eigenvalue weighted by atomic mass is 19.1. The first kappa shape index (κ1) is 25.1. The van der Waals surface area contributed by atoms with Gasteiger partial charge in [0.05, 0.1) is 23.6 Å². The second kappa shape index (κ2) is 10.7. The Balaban J connectivity index is 1.40. The van der Waals surface area contributed by atoms with Crippen LogP contribution in [0.5, 0.6) is 5.75 Å². The molecular formula is C25H28FN5O5. The average molecular weight is 498 g/mol. The molecular weight excluding hydrogens is 469 g/mol. The smallest absolute Gasteiger partial charge is 0.407 e. The first-order valence-corrected chi connectivity index (χ1v) is 11.7. The third-order valence-electron chi connectivity index (χ3n) is 6.16. The van der Waals surface area contributed by atoms with Crippen LogP contribution in [0.25, 0.3) is 11.4 Å². The number of carboxylic acid groups (broad SMARTS) is 1. The molecule has 1 aromatic carbocycles. The van der Waals surface area contributed by atoms with Crippen LogP contribution in [0.15, 0.2) is 42.5 Å². The Kier molecular flexibility index (Phi) is 7.47. The van der Waals surface area contributed by atoms with Gasteiger partial charge < -0.3 is 19.9 Å². The molecule has 1 saturated carbocycles. The van der Waals surface area contributed by atoms with Crippen molar-refractivity contribution >= 4 is 12.1 Å². The van der Waals surface area contributed by atoms with Crippen LogP contribution in [-0.4, -0.2) is 48.9 Å². The van der Waals surface area contributed by atoms with Crippen molar-refractivity contribution in [3.8, 4) is 17.1 Å². The monoisotopic (exact) mass is 497 g/mol. The number of ether oxygens (including phenoxy) is 2. The summed E-state index contributed by atoms with van der Waals surface area (Å²) in [5, 5.41) is 20.1. The van der Waals surface area contributed by atoms with Crippen molar-refractivity contribution in [1.29, 1.82) is 0 Å². The molecule has 2 unspecified atom stereocenters. The van der Waals surface area contributed by atoms with E-state index in [2.05, 4.69) is 20.6 Å². The van der Waals surface area contributed by atoms with Gasteiger partial charge in [-0.05, 0) is 43.9 Å². The van der Waals surface area contributed by atoms with Crippen LogP contribution in [0.1, 0.15) is 42.6 Å². The maximum Gasteiger partial charge on any atom is 0.407 e. The molecule has 2 heterocycles. The number of carbonyl (C=O) groups is 2. The van der Waals surface area contributed by atoms with Gasteiger partial charge in [0.15, 0.2) is 0 Å². The molecule has 190 valence electrons. The molecule has 1 amide bonds. The second-order valence-corrected chi connectivity index (χ2v) is 8.81. The Hall–Kier alpha value is -4.02. The zero-order chi connectivity index (χ0) is 25.7. The van der Waals surface area contributed by atoms with E-state index in [0.717, 1.165) is 5.56 Å². The number of aryl methyl sites for hydroxylation is 2. The van der Waals surface area contributed by atoms with Gasteiger partial charge in [-0.1, -0.05) is 35.5 Å². The Morgan fingerprint density at radius 1 is 1.25 bits per heavy atom. The molecule has 2 aromatic heterocycles. The summed E-state index contributed by atoms with van der Waals surface area (Å²) in [6.07, 6.45) is -0.339. The third-order valence-corrected chi connectivity index (χ3v) is 6.16. The van der Waals surface area contributed by atoms with E-state index >= 15 is 0 Å². The average Bonchev–Trinajstić information content (AvgIpc) is 3.23. The Labute approximate surface area is 207 Å². The van der Waals surface area contributed by atoms with Gasteiger partial charge in [-0.2, -0.15) is 0 Å². The molecule has 11 heteroatoms. The number of carbonyl (C=O) groups excluding carboxylic acids is 1. The topological polar surface area (TPSA) is 128 Å². The molecule has 3 aromatic rings. The van der Waals surface area contributed by atoms with Crippen LogP contribution >= 0.6 is 0 Å². The van der Waals surface area contributed by atoms with Gasteiger partial charge in [-0.15, -0.1) is 5.10 Å². The highest BCUT2D eigenvalue weighted by Gasteiger charge is 2.44. The van der Waals surface area contributed by atoms with E-state index in [4.69, 9.17) is 9.47 Å². The fourth-order valence-electron chi connectivity index (χ4n) is 4.16. The molecule has 1 aliphatic carbocycles. The predicted octanol–water partition coefficient (Wildman–Crippen LogP) is 3.73. The summed E-state index contributed by atoms with van der Waals surface area (Å²) >= 11 is 0. The Morgan fingerprint density at radius 2 is 2.03 bits per heavy atom. The maximum atomic E-state index is 14.6. The number of amides is 1. The number of nitrogens with one attached hydrogen (secondary N) is 1. The zero-order valence-corrected chi connectivity index (χ0v) is 20.1. The van der Waals surface area contributed by atoms with Crippen molar-refractivity contribution < 1.29 is 28.6 Å². The molecule has 1 aliphatic rings. The fourth-order valence-corrected chi connectivity index (χ4v) is 4.16. The van der Waals surface area contributed by atoms with Crippen molar-refractivity contribution in [1.82, 2.24) is 25.3 Å². The minimum atomic E-state index is -2.27. The minimum absolute atomic E-state index is 0.0123. The number of hydrogen-bond donors (Lipinski definition) is 2. The molecule has 0 radical (unpaired) electrons. The summed E-state index contributed by atoms with van der Waals surface area (Å²) in [5.41, 5.74) is 0.797. The van der Waals surface area contributed by atoms with E-state index in [9.17, 15) is 19.1 Å². The normalized spacial score (nSPS) is 19.5. The van der Waals surface area contributed by atoms with Crippen molar-refractivity contribution in [2.45, 2.75) is 57.5 Å². The molecule has 10 nitrogen and oxygen atoms in total. The number of pyridine rings is 1. The Bertz CT molecular complexity index is 1230. The molecule has 2 atom stereocenters. The lowest BCUT2D eigenvalue weighted by molar-refractivity contribution is -0.155. The van der Waals surface area contributed by atoms with E-state index in [1.54, 1.807) is 30.8 Å². The first-order chi connectivity index (χ1) is 17.2. The number of aliphatic carboxylic acids is 1. The SMILES string of the molecule is Cc1nc(-c2nnn(C)c2CNC(=O)OCc2ccccc2)ccc1OC1CCCC(F)(C(=O)O)C1. The van der Waals surface area contributed by atoms with Crippen LogP contribution in [0, 0.1) is 6.92 Å². The van der Waals surface area contributed by atoms with Crippen LogP contribution in [-0.2, 0) is 29.7 Å². The van der Waals surface area contributed by atoms with Crippen LogP contribution in [0.4, 0.5) is 9.18 Å². The van der Waals surface area contributed by atoms with E-state index in [1.807, 2.05) is 30.3 Å². The number of nitrogens with zero attached hydrogens (tertiary/aromatic N) is 4. The lowest BCUT2D eigenvalue weighted by atomic mass is 9.84. The van der Waals surface area contributed by atoms with Crippen molar-refractivity contribution in [3.05, 3.63) is 59.4 Å². The van der Waals surface area contributed by atoms with E-state index in [1.165, 1.54) is 0 Å². The summed E-state index contributed by atoms with van der Waals surface area (Å²) < 4.78 is 27.3. The molecule has 0 bridgehead atoms. The summed E-state index contributed by atoms with van der Waals surface area (Å²) in [6, 6.07) is 12.8. The van der Waals surface area contributed by atoms with Gasteiger partial charge in [0.1, 0.15) is 24.2 Å². The van der Waals surface area contributed by atoms with Gasteiger partial charge >= 0.3 is 12.1 Å². The quantitative estimate of drug-likeness (QED) is 0.482. The highest BCUT2D eigenvalue weighted by molar-refractivity contribution is 5.77. The molecule has 0 aliphatic heterocycles. The van der Waals surface area contributed by atoms with E-state index < -0.39 is 23.8 Å². The molecule has 0 saturated heterocycles. The number of rotatable bonds is 8. The number of carboxylic acids is 1. The lowest BCUT2D eigenvalue weighted by Gasteiger charge is -2.32. The van der Waals surface area contributed by atoms with Crippen molar-refractivity contribution in [3.63, 3.8) is 0 Å². The zero-order valence-electron chi connectivity index (χ0n) is 20.1. The maximum absolute atomic E-state index is 14.6. The molecule has 36 heavy (non-hydrogen) atoms. The fraction of sp³-hybridized carbons (Fsp3) is 0.400. The molecule has 0 spiro atoms. The highest BCUT2D eigenvalue weighted by Crippen LogP contribution is 2.35. The lowest BCUT2D eigenvalue weighted by Crippen LogP contribution is -2.42. The molecule has 4 rings (SSSR count). The van der Waals surface area contributed by atoms with Crippen LogP contribution in [0.2, 0.25) is 0 Å². The standard InChI is InChI=1S/C25H28FN5O5/c1-16-21(36-18-9-6-12-25(26,13-18)23(32)33)11-10-19(28-16)22-20(31(2)30-29-22)14-27-24(34)35-15-17-7-4-3-5-8-17/h3-5,7-8,10-11,18H,6,9,12-15H2,1-2H3,(H,27,34)(H,32,33). The van der Waals surface area contributed by atoms with Gasteiger partial charge in [-0.25, -0.2) is 23.6 Å². The van der Waals surface area contributed by atoms with Crippen LogP contribution in [0.3, 0.4) is 0 Å². The van der Waals surface area contributed by atoms with Crippen LogP contribution < -0.4 is 10.1 Å². The van der Waals surface area contributed by atoms with Gasteiger partial charge in [-0.3, -0.25) is 0 Å². The number of alkyl carbamates (subject to hydrolysis) is 1. The summed E-state index contributed by atoms with van der Waals surface area (Å²) in [5.74, 6) is -1.000. The van der Waals surface area contributed by atoms with Gasteiger partial charge in [0, 0.05) is 13.5 Å². The van der Waals surface area contributed by atoms with E-state index in [0.29, 0.717) is 41.4 Å². The molecule has 2 N–H and O–H groups in total. The number of alkyl halides is 1. The second-order valence-electron chi connectivity index (χ2n) is 8.81. The summed E-state index contributed by atoms with van der Waals surface area (Å²) in [7, 11) is 1.71. The summed E-state index contributed by atoms with van der Waals surface area (Å²) in [4.78, 5) is 28.0. The summed E-state index contributed by atoms with van der Waals surface area (Å²) in [6.45, 7) is 2.03. The largest absolute Gasteiger partial charge is 0.488 e. The van der Waals surface area contributed by atoms with E-state index in [-0.39, 0.29) is 26.0 Å². The third kappa shape index (κ3) is 5.78. The van der Waals surface area contributed by atoms with Gasteiger partial charge in [0.2, 0.25) is 5.67 Å². The van der Waals surface area contributed by atoms with Crippen molar-refractivity contribution in [2.24, 2.45) is 7.05 Å². The Morgan fingerprint density at radius 3 is 2.75 bits per heavy atom. The van der Waals surface area contributed by atoms with Crippen molar-refractivity contribution in [2.75, 3.05) is 0 Å². The first-order valence-electron chi connectivity index (χ1n) is 11.7.